The maximum absolute atomic E-state index is 13.0. The number of anilines is 1. The van der Waals surface area contributed by atoms with Crippen molar-refractivity contribution in [2.45, 2.75) is 26.3 Å². The van der Waals surface area contributed by atoms with Gasteiger partial charge in [0.15, 0.2) is 0 Å². The van der Waals surface area contributed by atoms with Crippen LogP contribution in [0.2, 0.25) is 0 Å². The van der Waals surface area contributed by atoms with E-state index in [9.17, 15) is 14.4 Å². The van der Waals surface area contributed by atoms with Crippen molar-refractivity contribution in [1.29, 1.82) is 0 Å². The standard InChI is InChI=1S/C22H32N4O4/c1-15(2)20(22(29)25-11-9-24(3)10-12-25)23-21(28)16-13-19(27)26(14-16)17-5-7-18(30-4)8-6-17/h5-8,15-16,20H,9-14H2,1-4H3,(H,23,28). The molecule has 2 heterocycles. The van der Waals surface area contributed by atoms with Crippen LogP contribution in [0.1, 0.15) is 20.3 Å². The van der Waals surface area contributed by atoms with Crippen molar-refractivity contribution in [1.82, 2.24) is 15.1 Å². The van der Waals surface area contributed by atoms with Gasteiger partial charge in [0.05, 0.1) is 13.0 Å². The van der Waals surface area contributed by atoms with Crippen molar-refractivity contribution >= 4 is 23.4 Å². The molecule has 2 fully saturated rings. The Morgan fingerprint density at radius 1 is 1.10 bits per heavy atom. The average molecular weight is 417 g/mol. The monoisotopic (exact) mass is 416 g/mol. The van der Waals surface area contributed by atoms with E-state index in [0.717, 1.165) is 18.8 Å². The second-order valence-electron chi connectivity index (χ2n) is 8.46. The smallest absolute Gasteiger partial charge is 0.245 e. The first-order valence-electron chi connectivity index (χ1n) is 10.5. The van der Waals surface area contributed by atoms with Gasteiger partial charge in [-0.05, 0) is 37.2 Å². The predicted octanol–water partition coefficient (Wildman–Crippen LogP) is 0.963. The van der Waals surface area contributed by atoms with Gasteiger partial charge in [-0.25, -0.2) is 0 Å². The number of amides is 3. The van der Waals surface area contributed by atoms with Crippen LogP contribution in [0.25, 0.3) is 0 Å². The molecule has 0 aliphatic carbocycles. The summed E-state index contributed by atoms with van der Waals surface area (Å²) < 4.78 is 5.16. The SMILES string of the molecule is COc1ccc(N2CC(C(=O)NC(C(=O)N3CCN(C)CC3)C(C)C)CC2=O)cc1. The topological polar surface area (TPSA) is 82.2 Å². The van der Waals surface area contributed by atoms with Gasteiger partial charge in [0.2, 0.25) is 17.7 Å². The number of methoxy groups -OCH3 is 1. The Morgan fingerprint density at radius 2 is 1.73 bits per heavy atom. The minimum Gasteiger partial charge on any atom is -0.497 e. The number of hydrogen-bond donors (Lipinski definition) is 1. The minimum atomic E-state index is -0.578. The van der Waals surface area contributed by atoms with Crippen LogP contribution in [0.5, 0.6) is 5.75 Å². The minimum absolute atomic E-state index is 0.0316. The number of piperazine rings is 1. The number of carbonyl (C=O) groups is 3. The first kappa shape index (κ1) is 22.1. The normalized spacial score (nSPS) is 21.1. The zero-order valence-electron chi connectivity index (χ0n) is 18.3. The largest absolute Gasteiger partial charge is 0.497 e. The Hall–Kier alpha value is -2.61. The van der Waals surface area contributed by atoms with Crippen LogP contribution >= 0.6 is 0 Å². The number of benzene rings is 1. The van der Waals surface area contributed by atoms with Crippen LogP contribution < -0.4 is 15.0 Å². The molecule has 2 aliphatic heterocycles. The number of rotatable bonds is 6. The number of nitrogens with zero attached hydrogens (tertiary/aromatic N) is 3. The highest BCUT2D eigenvalue weighted by Gasteiger charge is 2.38. The zero-order valence-corrected chi connectivity index (χ0v) is 18.3. The molecule has 3 rings (SSSR count). The number of hydrogen-bond acceptors (Lipinski definition) is 5. The van der Waals surface area contributed by atoms with Gasteiger partial charge in [-0.2, -0.15) is 0 Å². The fourth-order valence-corrected chi connectivity index (χ4v) is 3.90. The first-order valence-corrected chi connectivity index (χ1v) is 10.5. The van der Waals surface area contributed by atoms with Crippen molar-refractivity contribution in [2.75, 3.05) is 51.8 Å². The molecule has 3 amide bonds. The molecule has 1 N–H and O–H groups in total. The summed E-state index contributed by atoms with van der Waals surface area (Å²) in [6, 6.07) is 6.63. The van der Waals surface area contributed by atoms with Crippen LogP contribution in [0.4, 0.5) is 5.69 Å². The van der Waals surface area contributed by atoms with E-state index in [-0.39, 0.29) is 30.1 Å². The van der Waals surface area contributed by atoms with E-state index < -0.39 is 12.0 Å². The molecule has 30 heavy (non-hydrogen) atoms. The Morgan fingerprint density at radius 3 is 2.30 bits per heavy atom. The molecule has 8 heteroatoms. The van der Waals surface area contributed by atoms with E-state index in [1.165, 1.54) is 0 Å². The summed E-state index contributed by atoms with van der Waals surface area (Å²) >= 11 is 0. The molecule has 0 spiro atoms. The molecule has 2 unspecified atom stereocenters. The third kappa shape index (κ3) is 4.92. The lowest BCUT2D eigenvalue weighted by Crippen LogP contribution is -2.56. The van der Waals surface area contributed by atoms with E-state index in [0.29, 0.717) is 25.4 Å². The zero-order chi connectivity index (χ0) is 21.8. The lowest BCUT2D eigenvalue weighted by Gasteiger charge is -2.36. The van der Waals surface area contributed by atoms with Crippen LogP contribution in [0.3, 0.4) is 0 Å². The summed E-state index contributed by atoms with van der Waals surface area (Å²) in [5, 5.41) is 2.93. The van der Waals surface area contributed by atoms with Crippen molar-refractivity contribution in [3.63, 3.8) is 0 Å². The fourth-order valence-electron chi connectivity index (χ4n) is 3.90. The van der Waals surface area contributed by atoms with Gasteiger partial charge >= 0.3 is 0 Å². The molecular weight excluding hydrogens is 384 g/mol. The van der Waals surface area contributed by atoms with Gasteiger partial charge < -0.3 is 24.8 Å². The summed E-state index contributed by atoms with van der Waals surface area (Å²) in [7, 11) is 3.63. The lowest BCUT2D eigenvalue weighted by atomic mass is 10.00. The quantitative estimate of drug-likeness (QED) is 0.747. The maximum Gasteiger partial charge on any atom is 0.245 e. The number of nitrogens with one attached hydrogen (secondary N) is 1. The van der Waals surface area contributed by atoms with E-state index >= 15 is 0 Å². The molecule has 0 aromatic heterocycles. The lowest BCUT2D eigenvalue weighted by molar-refractivity contribution is -0.139. The molecule has 1 aromatic carbocycles. The Kier molecular flexibility index (Phi) is 6.97. The third-order valence-electron chi connectivity index (χ3n) is 5.93. The number of likely N-dealkylation sites (N-methyl/N-ethyl adjacent to an activating group) is 1. The van der Waals surface area contributed by atoms with Gasteiger partial charge in [-0.15, -0.1) is 0 Å². The van der Waals surface area contributed by atoms with Gasteiger partial charge in [-0.1, -0.05) is 13.8 Å². The second-order valence-corrected chi connectivity index (χ2v) is 8.46. The van der Waals surface area contributed by atoms with E-state index in [4.69, 9.17) is 4.74 Å². The van der Waals surface area contributed by atoms with E-state index in [1.807, 2.05) is 37.9 Å². The Balaban J connectivity index is 1.63. The maximum atomic E-state index is 13.0. The van der Waals surface area contributed by atoms with Crippen molar-refractivity contribution in [2.24, 2.45) is 11.8 Å². The van der Waals surface area contributed by atoms with Crippen LogP contribution in [-0.4, -0.2) is 80.4 Å². The summed E-state index contributed by atoms with van der Waals surface area (Å²) in [5.41, 5.74) is 0.741. The summed E-state index contributed by atoms with van der Waals surface area (Å²) in [4.78, 5) is 44.1. The van der Waals surface area contributed by atoms with Crippen molar-refractivity contribution in [3.05, 3.63) is 24.3 Å². The molecule has 2 atom stereocenters. The molecule has 0 radical (unpaired) electrons. The summed E-state index contributed by atoms with van der Waals surface area (Å²) in [6.45, 7) is 7.18. The third-order valence-corrected chi connectivity index (χ3v) is 5.93. The molecule has 0 saturated carbocycles. The van der Waals surface area contributed by atoms with Gasteiger partial charge in [0, 0.05) is 44.8 Å². The predicted molar refractivity (Wildman–Crippen MR) is 114 cm³/mol. The summed E-state index contributed by atoms with van der Waals surface area (Å²) in [5.74, 6) is -0.158. The number of ether oxygens (including phenoxy) is 1. The van der Waals surface area contributed by atoms with Crippen molar-refractivity contribution < 1.29 is 19.1 Å². The average Bonchev–Trinajstić information content (AvgIpc) is 3.13. The molecule has 164 valence electrons. The number of carbonyl (C=O) groups excluding carboxylic acids is 3. The summed E-state index contributed by atoms with van der Waals surface area (Å²) in [6.07, 6.45) is 0.144. The van der Waals surface area contributed by atoms with Crippen molar-refractivity contribution in [3.8, 4) is 5.75 Å². The van der Waals surface area contributed by atoms with Crippen LogP contribution in [-0.2, 0) is 14.4 Å². The molecule has 2 saturated heterocycles. The van der Waals surface area contributed by atoms with E-state index in [2.05, 4.69) is 10.2 Å². The first-order chi connectivity index (χ1) is 14.3. The van der Waals surface area contributed by atoms with E-state index in [1.54, 1.807) is 24.1 Å². The van der Waals surface area contributed by atoms with Gasteiger partial charge in [0.25, 0.3) is 0 Å². The molecule has 8 nitrogen and oxygen atoms in total. The molecule has 2 aliphatic rings. The Bertz CT molecular complexity index is 772. The molecule has 1 aromatic rings. The van der Waals surface area contributed by atoms with Gasteiger partial charge in [0.1, 0.15) is 11.8 Å². The highest BCUT2D eigenvalue weighted by atomic mass is 16.5. The molecule has 0 bridgehead atoms. The second kappa shape index (κ2) is 9.47. The fraction of sp³-hybridized carbons (Fsp3) is 0.591. The highest BCUT2D eigenvalue weighted by molar-refractivity contribution is 6.01. The molecular formula is C22H32N4O4. The van der Waals surface area contributed by atoms with Crippen LogP contribution in [0, 0.1) is 11.8 Å². The highest BCUT2D eigenvalue weighted by Crippen LogP contribution is 2.27. The van der Waals surface area contributed by atoms with Gasteiger partial charge in [-0.3, -0.25) is 14.4 Å². The Labute approximate surface area is 178 Å². The van der Waals surface area contributed by atoms with Crippen LogP contribution in [0.15, 0.2) is 24.3 Å².